The fourth-order valence-electron chi connectivity index (χ4n) is 3.53. The van der Waals surface area contributed by atoms with Gasteiger partial charge in [-0.15, -0.1) is 0 Å². The van der Waals surface area contributed by atoms with Crippen LogP contribution in [0.15, 0.2) is 0 Å². The van der Waals surface area contributed by atoms with E-state index >= 15 is 0 Å². The third kappa shape index (κ3) is 7.05. The van der Waals surface area contributed by atoms with Gasteiger partial charge in [-0.3, -0.25) is 0 Å². The van der Waals surface area contributed by atoms with Gasteiger partial charge in [0, 0.05) is 13.1 Å². The van der Waals surface area contributed by atoms with E-state index in [1.807, 2.05) is 0 Å². The second kappa shape index (κ2) is 9.75. The van der Waals surface area contributed by atoms with Crippen LogP contribution in [0.5, 0.6) is 0 Å². The van der Waals surface area contributed by atoms with Gasteiger partial charge in [0.2, 0.25) is 0 Å². The SMILES string of the molecule is CCCNCC1(CN(C)CCCN(C)C)CCCCC1. The lowest BCUT2D eigenvalue weighted by Gasteiger charge is -2.40. The summed E-state index contributed by atoms with van der Waals surface area (Å²) in [7, 11) is 6.64. The molecule has 1 aliphatic rings. The zero-order chi connectivity index (χ0) is 14.8. The van der Waals surface area contributed by atoms with Crippen LogP contribution in [0.2, 0.25) is 0 Å². The van der Waals surface area contributed by atoms with Crippen LogP contribution >= 0.6 is 0 Å². The molecule has 120 valence electrons. The summed E-state index contributed by atoms with van der Waals surface area (Å²) < 4.78 is 0. The highest BCUT2D eigenvalue weighted by Gasteiger charge is 2.32. The molecule has 0 aromatic rings. The van der Waals surface area contributed by atoms with Gasteiger partial charge in [-0.25, -0.2) is 0 Å². The van der Waals surface area contributed by atoms with Crippen LogP contribution < -0.4 is 5.32 Å². The van der Waals surface area contributed by atoms with Gasteiger partial charge in [0.05, 0.1) is 0 Å². The molecule has 0 amide bonds. The predicted octanol–water partition coefficient (Wildman–Crippen LogP) is 2.82. The standard InChI is InChI=1S/C17H37N3/c1-5-12-18-15-17(10-7-6-8-11-17)16-20(4)14-9-13-19(2)3/h18H,5-16H2,1-4H3. The van der Waals surface area contributed by atoms with Crippen LogP contribution in [0.3, 0.4) is 0 Å². The van der Waals surface area contributed by atoms with Gasteiger partial charge in [-0.2, -0.15) is 0 Å². The molecule has 0 bridgehead atoms. The van der Waals surface area contributed by atoms with E-state index in [2.05, 4.69) is 43.2 Å². The molecule has 1 fully saturated rings. The first-order valence-corrected chi connectivity index (χ1v) is 8.62. The van der Waals surface area contributed by atoms with Gasteiger partial charge >= 0.3 is 0 Å². The zero-order valence-corrected chi connectivity index (χ0v) is 14.4. The van der Waals surface area contributed by atoms with Gasteiger partial charge < -0.3 is 15.1 Å². The zero-order valence-electron chi connectivity index (χ0n) is 14.4. The highest BCUT2D eigenvalue weighted by atomic mass is 15.1. The van der Waals surface area contributed by atoms with Gasteiger partial charge in [-0.1, -0.05) is 26.2 Å². The van der Waals surface area contributed by atoms with Crippen molar-refractivity contribution < 1.29 is 0 Å². The first-order valence-electron chi connectivity index (χ1n) is 8.62. The lowest BCUT2D eigenvalue weighted by molar-refractivity contribution is 0.115. The Morgan fingerprint density at radius 1 is 1.00 bits per heavy atom. The minimum Gasteiger partial charge on any atom is -0.316 e. The van der Waals surface area contributed by atoms with Crippen molar-refractivity contribution in [1.82, 2.24) is 15.1 Å². The van der Waals surface area contributed by atoms with E-state index in [0.29, 0.717) is 5.41 Å². The van der Waals surface area contributed by atoms with Crippen molar-refractivity contribution >= 4 is 0 Å². The summed E-state index contributed by atoms with van der Waals surface area (Å²) in [6.45, 7) is 8.36. The van der Waals surface area contributed by atoms with Gasteiger partial charge in [0.25, 0.3) is 0 Å². The fraction of sp³-hybridized carbons (Fsp3) is 1.00. The van der Waals surface area contributed by atoms with Crippen molar-refractivity contribution in [3.63, 3.8) is 0 Å². The molecule has 0 aliphatic heterocycles. The largest absolute Gasteiger partial charge is 0.316 e. The Kier molecular flexibility index (Phi) is 8.74. The van der Waals surface area contributed by atoms with E-state index in [1.54, 1.807) is 0 Å². The maximum absolute atomic E-state index is 3.69. The summed E-state index contributed by atoms with van der Waals surface area (Å²) >= 11 is 0. The lowest BCUT2D eigenvalue weighted by Crippen LogP contribution is -2.45. The summed E-state index contributed by atoms with van der Waals surface area (Å²) in [4.78, 5) is 4.86. The summed E-state index contributed by atoms with van der Waals surface area (Å²) in [5.41, 5.74) is 0.542. The molecular formula is C17H37N3. The first kappa shape index (κ1) is 17.9. The molecule has 0 unspecified atom stereocenters. The molecule has 0 heterocycles. The third-order valence-electron chi connectivity index (χ3n) is 4.59. The fourth-order valence-corrected chi connectivity index (χ4v) is 3.53. The van der Waals surface area contributed by atoms with Crippen molar-refractivity contribution in [2.75, 3.05) is 53.9 Å². The van der Waals surface area contributed by atoms with Crippen LogP contribution in [0.4, 0.5) is 0 Å². The van der Waals surface area contributed by atoms with Crippen molar-refractivity contribution in [3.05, 3.63) is 0 Å². The summed E-state index contributed by atoms with van der Waals surface area (Å²) in [6, 6.07) is 0. The predicted molar refractivity (Wildman–Crippen MR) is 89.3 cm³/mol. The van der Waals surface area contributed by atoms with Gasteiger partial charge in [0.15, 0.2) is 0 Å². The molecule has 1 saturated carbocycles. The first-order chi connectivity index (χ1) is 9.58. The molecule has 1 aliphatic carbocycles. The molecule has 0 atom stereocenters. The average Bonchev–Trinajstić information content (AvgIpc) is 2.39. The Morgan fingerprint density at radius 3 is 2.30 bits per heavy atom. The number of hydrogen-bond donors (Lipinski definition) is 1. The minimum absolute atomic E-state index is 0.542. The van der Waals surface area contributed by atoms with Crippen LogP contribution in [-0.2, 0) is 0 Å². The van der Waals surface area contributed by atoms with Gasteiger partial charge in [-0.05, 0) is 71.9 Å². The number of nitrogens with one attached hydrogen (secondary N) is 1. The molecule has 3 nitrogen and oxygen atoms in total. The van der Waals surface area contributed by atoms with Crippen LogP contribution in [-0.4, -0.2) is 63.7 Å². The number of hydrogen-bond acceptors (Lipinski definition) is 3. The van der Waals surface area contributed by atoms with Crippen molar-refractivity contribution in [3.8, 4) is 0 Å². The van der Waals surface area contributed by atoms with E-state index in [0.717, 1.165) is 0 Å². The van der Waals surface area contributed by atoms with Crippen LogP contribution in [0.25, 0.3) is 0 Å². The van der Waals surface area contributed by atoms with E-state index in [4.69, 9.17) is 0 Å². The highest BCUT2D eigenvalue weighted by molar-refractivity contribution is 4.87. The minimum atomic E-state index is 0.542. The summed E-state index contributed by atoms with van der Waals surface area (Å²) in [5, 5.41) is 3.69. The van der Waals surface area contributed by atoms with Crippen molar-refractivity contribution in [2.24, 2.45) is 5.41 Å². The topological polar surface area (TPSA) is 18.5 Å². The van der Waals surface area contributed by atoms with Crippen molar-refractivity contribution in [1.29, 1.82) is 0 Å². The highest BCUT2D eigenvalue weighted by Crippen LogP contribution is 2.36. The quantitative estimate of drug-likeness (QED) is 0.622. The molecule has 0 aromatic carbocycles. The second-order valence-corrected chi connectivity index (χ2v) is 7.13. The molecular weight excluding hydrogens is 246 g/mol. The van der Waals surface area contributed by atoms with Crippen molar-refractivity contribution in [2.45, 2.75) is 51.9 Å². The van der Waals surface area contributed by atoms with E-state index in [9.17, 15) is 0 Å². The molecule has 1 N–H and O–H groups in total. The number of nitrogens with zero attached hydrogens (tertiary/aromatic N) is 2. The molecule has 1 rings (SSSR count). The monoisotopic (exact) mass is 283 g/mol. The lowest BCUT2D eigenvalue weighted by atomic mass is 9.73. The Hall–Kier alpha value is -0.120. The van der Waals surface area contributed by atoms with E-state index < -0.39 is 0 Å². The Morgan fingerprint density at radius 2 is 1.70 bits per heavy atom. The Balaban J connectivity index is 2.38. The van der Waals surface area contributed by atoms with Crippen LogP contribution in [0, 0.1) is 5.41 Å². The third-order valence-corrected chi connectivity index (χ3v) is 4.59. The summed E-state index contributed by atoms with van der Waals surface area (Å²) in [6.07, 6.45) is 9.67. The maximum Gasteiger partial charge on any atom is 0.00471 e. The summed E-state index contributed by atoms with van der Waals surface area (Å²) in [5.74, 6) is 0. The van der Waals surface area contributed by atoms with Gasteiger partial charge in [0.1, 0.15) is 0 Å². The Labute approximate surface area is 127 Å². The smallest absolute Gasteiger partial charge is 0.00471 e. The number of rotatable bonds is 10. The molecule has 20 heavy (non-hydrogen) atoms. The second-order valence-electron chi connectivity index (χ2n) is 7.13. The molecule has 0 radical (unpaired) electrons. The normalized spacial score (nSPS) is 18.9. The maximum atomic E-state index is 3.69. The molecule has 0 spiro atoms. The molecule has 0 saturated heterocycles. The Bertz CT molecular complexity index is 234. The molecule has 0 aromatic heterocycles. The average molecular weight is 284 g/mol. The van der Waals surface area contributed by atoms with E-state index in [-0.39, 0.29) is 0 Å². The molecule has 3 heteroatoms. The van der Waals surface area contributed by atoms with Crippen LogP contribution in [0.1, 0.15) is 51.9 Å². The van der Waals surface area contributed by atoms with E-state index in [1.165, 1.54) is 77.7 Å².